The van der Waals surface area contributed by atoms with Crippen molar-refractivity contribution >= 4 is 25.3 Å². The third-order valence-electron chi connectivity index (χ3n) is 2.14. The minimum absolute atomic E-state index is 0.265. The molecule has 0 amide bonds. The summed E-state index contributed by atoms with van der Waals surface area (Å²) in [6.07, 6.45) is 3.91. The van der Waals surface area contributed by atoms with Gasteiger partial charge in [0.25, 0.3) is 0 Å². The number of hydrogen-bond donors (Lipinski definition) is 0. The van der Waals surface area contributed by atoms with Gasteiger partial charge < -0.3 is 9.05 Å². The summed E-state index contributed by atoms with van der Waals surface area (Å²) < 4.78 is 22.5. The summed E-state index contributed by atoms with van der Waals surface area (Å²) >= 11 is 5.88. The van der Waals surface area contributed by atoms with Gasteiger partial charge in [-0.2, -0.15) is 0 Å². The van der Waals surface area contributed by atoms with Crippen molar-refractivity contribution < 1.29 is 13.6 Å². The maximum Gasteiger partial charge on any atom is 0.334 e. The van der Waals surface area contributed by atoms with Crippen LogP contribution in [0.2, 0.25) is 5.02 Å². The molecule has 5 heteroatoms. The van der Waals surface area contributed by atoms with E-state index < -0.39 is 7.60 Å². The van der Waals surface area contributed by atoms with Gasteiger partial charge in [-0.1, -0.05) is 35.9 Å². The SMILES string of the molecule is CCOP(=O)(CC=Cc1cccc(Cl)c1)OCC. The van der Waals surface area contributed by atoms with Crippen LogP contribution < -0.4 is 0 Å². The van der Waals surface area contributed by atoms with Crippen LogP contribution in [0.5, 0.6) is 0 Å². The summed E-state index contributed by atoms with van der Waals surface area (Å²) in [7, 11) is -2.99. The molecule has 0 saturated heterocycles. The van der Waals surface area contributed by atoms with Gasteiger partial charge in [-0.25, -0.2) is 0 Å². The highest BCUT2D eigenvalue weighted by Gasteiger charge is 2.20. The Morgan fingerprint density at radius 3 is 2.50 bits per heavy atom. The molecule has 0 saturated carbocycles. The summed E-state index contributed by atoms with van der Waals surface area (Å²) in [4.78, 5) is 0. The van der Waals surface area contributed by atoms with Gasteiger partial charge >= 0.3 is 7.60 Å². The number of rotatable bonds is 7. The summed E-state index contributed by atoms with van der Waals surface area (Å²) in [6.45, 7) is 4.35. The van der Waals surface area contributed by atoms with Gasteiger partial charge in [0.1, 0.15) is 0 Å². The third kappa shape index (κ3) is 5.36. The highest BCUT2D eigenvalue weighted by Crippen LogP contribution is 2.47. The lowest BCUT2D eigenvalue weighted by Gasteiger charge is -2.14. The molecule has 0 radical (unpaired) electrons. The van der Waals surface area contributed by atoms with Gasteiger partial charge in [0.2, 0.25) is 0 Å². The predicted octanol–water partition coefficient (Wildman–Crippen LogP) is 4.62. The van der Waals surface area contributed by atoms with Crippen molar-refractivity contribution in [1.82, 2.24) is 0 Å². The fourth-order valence-corrected chi connectivity index (χ4v) is 3.10. The predicted molar refractivity (Wildman–Crippen MR) is 76.2 cm³/mol. The van der Waals surface area contributed by atoms with Crippen LogP contribution in [0, 0.1) is 0 Å². The Labute approximate surface area is 113 Å². The highest BCUT2D eigenvalue weighted by atomic mass is 35.5. The second-order valence-corrected chi connectivity index (χ2v) is 6.13. The van der Waals surface area contributed by atoms with E-state index in [-0.39, 0.29) is 6.16 Å². The molecule has 1 aromatic carbocycles. The maximum absolute atomic E-state index is 12.1. The third-order valence-corrected chi connectivity index (χ3v) is 4.34. The zero-order valence-corrected chi connectivity index (χ0v) is 12.3. The molecule has 0 fully saturated rings. The van der Waals surface area contributed by atoms with Crippen molar-refractivity contribution in [2.75, 3.05) is 19.4 Å². The molecule has 0 bridgehead atoms. The minimum Gasteiger partial charge on any atom is -0.309 e. The molecular weight excluding hydrogens is 271 g/mol. The quantitative estimate of drug-likeness (QED) is 0.687. The first kappa shape index (κ1) is 15.5. The van der Waals surface area contributed by atoms with Crippen LogP contribution in [-0.4, -0.2) is 19.4 Å². The van der Waals surface area contributed by atoms with Crippen LogP contribution in [0.3, 0.4) is 0 Å². The molecule has 0 unspecified atom stereocenters. The Morgan fingerprint density at radius 1 is 1.28 bits per heavy atom. The van der Waals surface area contributed by atoms with E-state index in [9.17, 15) is 4.57 Å². The molecule has 0 aromatic heterocycles. The Balaban J connectivity index is 2.64. The lowest BCUT2D eigenvalue weighted by molar-refractivity contribution is 0.222. The van der Waals surface area contributed by atoms with Crippen LogP contribution in [0.25, 0.3) is 6.08 Å². The van der Waals surface area contributed by atoms with Crippen molar-refractivity contribution in [2.45, 2.75) is 13.8 Å². The van der Waals surface area contributed by atoms with Crippen molar-refractivity contribution in [1.29, 1.82) is 0 Å². The van der Waals surface area contributed by atoms with E-state index in [2.05, 4.69) is 0 Å². The van der Waals surface area contributed by atoms with Crippen molar-refractivity contribution in [3.05, 3.63) is 40.9 Å². The van der Waals surface area contributed by atoms with Gasteiger partial charge in [0.05, 0.1) is 19.4 Å². The molecule has 0 atom stereocenters. The number of benzene rings is 1. The van der Waals surface area contributed by atoms with Crippen LogP contribution in [0.4, 0.5) is 0 Å². The minimum atomic E-state index is -2.99. The molecule has 3 nitrogen and oxygen atoms in total. The first-order valence-electron chi connectivity index (χ1n) is 5.90. The van der Waals surface area contributed by atoms with Crippen LogP contribution in [0.1, 0.15) is 19.4 Å². The molecule has 0 aliphatic rings. The zero-order valence-electron chi connectivity index (χ0n) is 10.6. The van der Waals surface area contributed by atoms with Gasteiger partial charge in [-0.15, -0.1) is 0 Å². The highest BCUT2D eigenvalue weighted by molar-refractivity contribution is 7.54. The molecule has 18 heavy (non-hydrogen) atoms. The number of hydrogen-bond acceptors (Lipinski definition) is 3. The lowest BCUT2D eigenvalue weighted by atomic mass is 10.2. The second kappa shape index (κ2) is 7.75. The van der Waals surface area contributed by atoms with E-state index in [4.69, 9.17) is 20.6 Å². The first-order valence-corrected chi connectivity index (χ1v) is 8.00. The molecule has 1 rings (SSSR count). The topological polar surface area (TPSA) is 35.5 Å². The average Bonchev–Trinajstić information content (AvgIpc) is 2.29. The Kier molecular flexibility index (Phi) is 6.66. The van der Waals surface area contributed by atoms with Gasteiger partial charge in [0.15, 0.2) is 0 Å². The van der Waals surface area contributed by atoms with Crippen molar-refractivity contribution in [2.24, 2.45) is 0 Å². The normalized spacial score (nSPS) is 12.2. The monoisotopic (exact) mass is 288 g/mol. The lowest BCUT2D eigenvalue weighted by Crippen LogP contribution is -1.98. The van der Waals surface area contributed by atoms with E-state index >= 15 is 0 Å². The summed E-state index contributed by atoms with van der Waals surface area (Å²) in [5.41, 5.74) is 0.960. The maximum atomic E-state index is 12.1. The Hall–Kier alpha value is -0.600. The number of halogens is 1. The van der Waals surface area contributed by atoms with E-state index in [0.717, 1.165) is 5.56 Å². The van der Waals surface area contributed by atoms with Crippen LogP contribution >= 0.6 is 19.2 Å². The van der Waals surface area contributed by atoms with Gasteiger partial charge in [-0.05, 0) is 31.5 Å². The molecular formula is C13H18ClO3P. The molecule has 1 aromatic rings. The van der Waals surface area contributed by atoms with Gasteiger partial charge in [0, 0.05) is 5.02 Å². The fraction of sp³-hybridized carbons (Fsp3) is 0.385. The molecule has 100 valence electrons. The summed E-state index contributed by atoms with van der Waals surface area (Å²) in [5, 5.41) is 0.676. The van der Waals surface area contributed by atoms with Crippen LogP contribution in [0.15, 0.2) is 30.3 Å². The largest absolute Gasteiger partial charge is 0.334 e. The number of allylic oxidation sites excluding steroid dienone is 1. The van der Waals surface area contributed by atoms with E-state index in [1.165, 1.54) is 0 Å². The van der Waals surface area contributed by atoms with Crippen molar-refractivity contribution in [3.8, 4) is 0 Å². The second-order valence-electron chi connectivity index (χ2n) is 3.59. The molecule has 0 N–H and O–H groups in total. The standard InChI is InChI=1S/C13H18ClO3P/c1-3-16-18(15,17-4-2)10-6-8-12-7-5-9-13(14)11-12/h5-9,11H,3-4,10H2,1-2H3. The van der Waals surface area contributed by atoms with Crippen molar-refractivity contribution in [3.63, 3.8) is 0 Å². The van der Waals surface area contributed by atoms with E-state index in [1.807, 2.05) is 30.3 Å². The fourth-order valence-electron chi connectivity index (χ4n) is 1.46. The molecule has 0 aliphatic heterocycles. The smallest absolute Gasteiger partial charge is 0.309 e. The van der Waals surface area contributed by atoms with E-state index in [0.29, 0.717) is 18.2 Å². The molecule has 0 heterocycles. The Morgan fingerprint density at radius 2 is 1.94 bits per heavy atom. The first-order chi connectivity index (χ1) is 8.59. The Bertz CT molecular complexity index is 436. The van der Waals surface area contributed by atoms with Gasteiger partial charge in [-0.3, -0.25) is 4.57 Å². The zero-order chi connectivity index (χ0) is 13.4. The summed E-state index contributed by atoms with van der Waals surface area (Å²) in [6, 6.07) is 7.44. The van der Waals surface area contributed by atoms with E-state index in [1.54, 1.807) is 19.9 Å². The summed E-state index contributed by atoms with van der Waals surface area (Å²) in [5.74, 6) is 0. The molecule has 0 spiro atoms. The molecule has 0 aliphatic carbocycles. The average molecular weight is 289 g/mol. The van der Waals surface area contributed by atoms with Crippen LogP contribution in [-0.2, 0) is 13.6 Å².